The maximum Gasteiger partial charge on any atom is 0.227 e. The van der Waals surface area contributed by atoms with E-state index in [1.165, 1.54) is 10.4 Å². The van der Waals surface area contributed by atoms with E-state index < -0.39 is 5.72 Å². The van der Waals surface area contributed by atoms with Crippen LogP contribution in [-0.4, -0.2) is 45.6 Å². The molecule has 0 saturated carbocycles. The minimum atomic E-state index is -0.434. The molecule has 1 amide bonds. The first kappa shape index (κ1) is 15.5. The van der Waals surface area contributed by atoms with Gasteiger partial charge in [-0.05, 0) is 12.5 Å². The molecular weight excluding hydrogens is 334 g/mol. The summed E-state index contributed by atoms with van der Waals surface area (Å²) < 4.78 is 6.36. The Balaban J connectivity index is 1.44. The molecule has 130 valence electrons. The zero-order chi connectivity index (χ0) is 17.0. The number of thiazole rings is 1. The molecule has 3 atom stereocenters. The molecule has 0 N–H and O–H groups in total. The Morgan fingerprint density at radius 2 is 2.20 bits per heavy atom. The summed E-state index contributed by atoms with van der Waals surface area (Å²) in [7, 11) is 0. The highest BCUT2D eigenvalue weighted by Gasteiger charge is 2.64. The summed E-state index contributed by atoms with van der Waals surface area (Å²) in [4.78, 5) is 23.0. The Morgan fingerprint density at radius 1 is 1.36 bits per heavy atom. The van der Waals surface area contributed by atoms with Crippen molar-refractivity contribution < 1.29 is 9.53 Å². The van der Waals surface area contributed by atoms with Crippen LogP contribution in [0.25, 0.3) is 0 Å². The average Bonchev–Trinajstić information content (AvgIpc) is 3.34. The van der Waals surface area contributed by atoms with Gasteiger partial charge in [0.15, 0.2) is 5.72 Å². The standard InChI is InChI=1S/C19H21N3O2S/c1-13-16(25-12-20-13)10-21-8-7-19-17(21)9-18(23)22(19)15(11-24-19)14-5-3-2-4-6-14/h2-6,12,15,17H,7-11H2,1H3/t15-,17+,19-/m0/s1. The lowest BCUT2D eigenvalue weighted by Crippen LogP contribution is -2.48. The Kier molecular flexibility index (Phi) is 3.48. The fourth-order valence-electron chi connectivity index (χ4n) is 4.70. The van der Waals surface area contributed by atoms with Gasteiger partial charge in [-0.3, -0.25) is 9.69 Å². The Hall–Kier alpha value is -1.76. The second-order valence-electron chi connectivity index (χ2n) is 7.15. The van der Waals surface area contributed by atoms with Crippen LogP contribution in [0.15, 0.2) is 35.8 Å². The van der Waals surface area contributed by atoms with E-state index in [9.17, 15) is 4.79 Å². The normalized spacial score (nSPS) is 31.6. The van der Waals surface area contributed by atoms with E-state index in [2.05, 4.69) is 28.9 Å². The molecule has 3 saturated heterocycles. The molecule has 3 fully saturated rings. The number of hydrogen-bond donors (Lipinski definition) is 0. The number of ether oxygens (including phenoxy) is 1. The lowest BCUT2D eigenvalue weighted by Gasteiger charge is -2.33. The van der Waals surface area contributed by atoms with E-state index in [1.54, 1.807) is 11.3 Å². The van der Waals surface area contributed by atoms with Crippen LogP contribution < -0.4 is 0 Å². The van der Waals surface area contributed by atoms with Crippen LogP contribution in [0.1, 0.15) is 35.0 Å². The number of carbonyl (C=O) groups excluding carboxylic acids is 1. The Morgan fingerprint density at radius 3 is 2.96 bits per heavy atom. The fraction of sp³-hybridized carbons (Fsp3) is 0.474. The minimum absolute atomic E-state index is 0.0452. The van der Waals surface area contributed by atoms with Gasteiger partial charge in [-0.2, -0.15) is 0 Å². The SMILES string of the molecule is Cc1ncsc1CN1CC[C@@]23OC[C@@H](c4ccccc4)N2C(=O)C[C@@H]13. The number of aryl methyl sites for hydroxylation is 1. The van der Waals surface area contributed by atoms with Gasteiger partial charge in [0.2, 0.25) is 5.91 Å². The van der Waals surface area contributed by atoms with E-state index >= 15 is 0 Å². The summed E-state index contributed by atoms with van der Waals surface area (Å²) in [6.45, 7) is 4.48. The summed E-state index contributed by atoms with van der Waals surface area (Å²) >= 11 is 1.70. The van der Waals surface area contributed by atoms with Gasteiger partial charge in [0.05, 0.1) is 29.9 Å². The van der Waals surface area contributed by atoms with Crippen molar-refractivity contribution in [2.24, 2.45) is 0 Å². The van der Waals surface area contributed by atoms with Crippen molar-refractivity contribution in [3.05, 3.63) is 52.0 Å². The van der Waals surface area contributed by atoms with Crippen LogP contribution in [0, 0.1) is 6.92 Å². The number of aromatic nitrogens is 1. The largest absolute Gasteiger partial charge is 0.351 e. The number of carbonyl (C=O) groups is 1. The molecule has 25 heavy (non-hydrogen) atoms. The van der Waals surface area contributed by atoms with Crippen LogP contribution in [0.4, 0.5) is 0 Å². The van der Waals surface area contributed by atoms with Gasteiger partial charge in [-0.25, -0.2) is 4.98 Å². The molecule has 0 radical (unpaired) electrons. The Bertz CT molecular complexity index is 808. The lowest BCUT2D eigenvalue weighted by atomic mass is 10.0. The van der Waals surface area contributed by atoms with Gasteiger partial charge >= 0.3 is 0 Å². The molecule has 3 aliphatic heterocycles. The van der Waals surface area contributed by atoms with Gasteiger partial charge in [0.25, 0.3) is 0 Å². The summed E-state index contributed by atoms with van der Waals surface area (Å²) in [5, 5.41) is 0. The molecule has 4 heterocycles. The van der Waals surface area contributed by atoms with E-state index in [0.717, 1.165) is 25.2 Å². The number of likely N-dealkylation sites (tertiary alicyclic amines) is 1. The van der Waals surface area contributed by atoms with E-state index in [-0.39, 0.29) is 18.0 Å². The van der Waals surface area contributed by atoms with Crippen LogP contribution in [0.2, 0.25) is 0 Å². The van der Waals surface area contributed by atoms with Crippen LogP contribution >= 0.6 is 11.3 Å². The van der Waals surface area contributed by atoms with E-state index in [1.807, 2.05) is 28.6 Å². The number of benzene rings is 1. The quantitative estimate of drug-likeness (QED) is 0.849. The van der Waals surface area contributed by atoms with Crippen LogP contribution in [-0.2, 0) is 16.1 Å². The van der Waals surface area contributed by atoms with E-state index in [0.29, 0.717) is 13.0 Å². The second kappa shape index (κ2) is 5.62. The topological polar surface area (TPSA) is 45.7 Å². The highest BCUT2D eigenvalue weighted by molar-refractivity contribution is 7.09. The van der Waals surface area contributed by atoms with Crippen molar-refractivity contribution >= 4 is 17.2 Å². The summed E-state index contributed by atoms with van der Waals surface area (Å²) in [5.41, 5.74) is 3.74. The van der Waals surface area contributed by atoms with Gasteiger partial charge in [-0.1, -0.05) is 30.3 Å². The number of nitrogens with zero attached hydrogens (tertiary/aromatic N) is 3. The predicted octanol–water partition coefficient (Wildman–Crippen LogP) is 2.73. The minimum Gasteiger partial charge on any atom is -0.351 e. The smallest absolute Gasteiger partial charge is 0.227 e. The van der Waals surface area contributed by atoms with Gasteiger partial charge in [-0.15, -0.1) is 11.3 Å². The molecule has 1 aromatic heterocycles. The first-order chi connectivity index (χ1) is 12.2. The summed E-state index contributed by atoms with van der Waals surface area (Å²) in [6.07, 6.45) is 1.45. The third-order valence-electron chi connectivity index (χ3n) is 5.94. The molecule has 6 heteroatoms. The average molecular weight is 355 g/mol. The van der Waals surface area contributed by atoms with Crippen molar-refractivity contribution in [3.8, 4) is 0 Å². The van der Waals surface area contributed by atoms with Crippen molar-refractivity contribution in [1.82, 2.24) is 14.8 Å². The third-order valence-corrected chi connectivity index (χ3v) is 6.86. The first-order valence-corrected chi connectivity index (χ1v) is 9.71. The molecule has 0 aliphatic carbocycles. The highest BCUT2D eigenvalue weighted by Crippen LogP contribution is 2.51. The molecular formula is C19H21N3O2S. The van der Waals surface area contributed by atoms with Crippen molar-refractivity contribution in [3.63, 3.8) is 0 Å². The van der Waals surface area contributed by atoms with Crippen LogP contribution in [0.5, 0.6) is 0 Å². The summed E-state index contributed by atoms with van der Waals surface area (Å²) in [6, 6.07) is 10.5. The summed E-state index contributed by atoms with van der Waals surface area (Å²) in [5.74, 6) is 0.224. The molecule has 0 bridgehead atoms. The fourth-order valence-corrected chi connectivity index (χ4v) is 5.50. The van der Waals surface area contributed by atoms with Gasteiger partial charge in [0, 0.05) is 30.8 Å². The molecule has 1 aromatic carbocycles. The zero-order valence-corrected chi connectivity index (χ0v) is 15.0. The monoisotopic (exact) mass is 355 g/mol. The lowest BCUT2D eigenvalue weighted by molar-refractivity contribution is -0.138. The van der Waals surface area contributed by atoms with Gasteiger partial charge < -0.3 is 9.64 Å². The molecule has 0 unspecified atom stereocenters. The third kappa shape index (κ3) is 2.21. The molecule has 1 spiro atoms. The molecule has 5 nitrogen and oxygen atoms in total. The van der Waals surface area contributed by atoms with Crippen molar-refractivity contribution in [2.45, 2.75) is 44.1 Å². The van der Waals surface area contributed by atoms with E-state index in [4.69, 9.17) is 4.74 Å². The molecule has 2 aromatic rings. The number of hydrogen-bond acceptors (Lipinski definition) is 5. The zero-order valence-electron chi connectivity index (χ0n) is 14.2. The maximum absolute atomic E-state index is 12.9. The molecule has 5 rings (SSSR count). The Labute approximate surface area is 151 Å². The first-order valence-electron chi connectivity index (χ1n) is 8.83. The number of amides is 1. The maximum atomic E-state index is 12.9. The number of rotatable bonds is 3. The van der Waals surface area contributed by atoms with Crippen molar-refractivity contribution in [1.29, 1.82) is 0 Å². The highest BCUT2D eigenvalue weighted by atomic mass is 32.1. The molecule has 3 aliphatic rings. The predicted molar refractivity (Wildman–Crippen MR) is 95.0 cm³/mol. The van der Waals surface area contributed by atoms with Crippen LogP contribution in [0.3, 0.4) is 0 Å². The van der Waals surface area contributed by atoms with Gasteiger partial charge in [0.1, 0.15) is 0 Å². The second-order valence-corrected chi connectivity index (χ2v) is 8.09. The van der Waals surface area contributed by atoms with Crippen molar-refractivity contribution in [2.75, 3.05) is 13.2 Å².